The summed E-state index contributed by atoms with van der Waals surface area (Å²) >= 11 is 1.32. The van der Waals surface area contributed by atoms with Crippen molar-refractivity contribution in [1.82, 2.24) is 19.5 Å². The summed E-state index contributed by atoms with van der Waals surface area (Å²) in [5.41, 5.74) is 6.63. The number of ether oxygens (including phenoxy) is 1. The molecule has 0 spiro atoms. The zero-order chi connectivity index (χ0) is 19.6. The molecule has 1 aliphatic heterocycles. The monoisotopic (exact) mass is 411 g/mol. The maximum Gasteiger partial charge on any atom is 0.466 e. The Hall–Kier alpha value is -1.35. The Labute approximate surface area is 150 Å². The SMILES string of the molecule is CSc1nc(N)c2ncn([C@@H]3O[C@H](CO)[C@@H](O)[C@H]3O)c2n1.O=P(O)(O)O. The van der Waals surface area contributed by atoms with Crippen LogP contribution in [0.3, 0.4) is 0 Å². The molecule has 26 heavy (non-hydrogen) atoms. The van der Waals surface area contributed by atoms with E-state index in [1.54, 1.807) is 0 Å². The van der Waals surface area contributed by atoms with Crippen LogP contribution in [0.25, 0.3) is 11.2 Å². The van der Waals surface area contributed by atoms with Crippen molar-refractivity contribution in [3.05, 3.63) is 6.33 Å². The van der Waals surface area contributed by atoms with Gasteiger partial charge in [-0.15, -0.1) is 0 Å². The number of imidazole rings is 1. The van der Waals surface area contributed by atoms with Gasteiger partial charge in [0.2, 0.25) is 0 Å². The van der Waals surface area contributed by atoms with Crippen molar-refractivity contribution in [2.75, 3.05) is 18.6 Å². The van der Waals surface area contributed by atoms with Crippen LogP contribution in [0, 0.1) is 0 Å². The quantitative estimate of drug-likeness (QED) is 0.162. The fourth-order valence-electron chi connectivity index (χ4n) is 2.30. The maximum absolute atomic E-state index is 10.1. The number of anilines is 1. The van der Waals surface area contributed by atoms with Gasteiger partial charge in [0.05, 0.1) is 12.9 Å². The molecule has 13 nitrogen and oxygen atoms in total. The van der Waals surface area contributed by atoms with E-state index in [0.29, 0.717) is 16.3 Å². The number of fused-ring (bicyclic) bond motifs is 1. The molecule has 2 aromatic rings. The molecule has 15 heteroatoms. The summed E-state index contributed by atoms with van der Waals surface area (Å²) in [7, 11) is -4.64. The standard InChI is InChI=1S/C11H15N5O4S.H3O4P/c1-21-11-14-8(12)5-9(15-11)16(3-13-5)10-7(19)6(18)4(2-17)20-10;1-5(2,3)4/h3-4,6-7,10,17-19H,2H2,1H3,(H2,12,14,15);(H3,1,2,3,4)/t4-,6-,7-,10-;/m1./s1. The van der Waals surface area contributed by atoms with E-state index in [4.69, 9.17) is 34.8 Å². The van der Waals surface area contributed by atoms with Crippen LogP contribution in [0.2, 0.25) is 0 Å². The highest BCUT2D eigenvalue weighted by Crippen LogP contribution is 2.32. The summed E-state index contributed by atoms with van der Waals surface area (Å²) in [5, 5.41) is 29.5. The van der Waals surface area contributed by atoms with Crippen molar-refractivity contribution in [3.8, 4) is 0 Å². The predicted molar refractivity (Wildman–Crippen MR) is 88.8 cm³/mol. The van der Waals surface area contributed by atoms with Crippen LogP contribution >= 0.6 is 19.6 Å². The van der Waals surface area contributed by atoms with Gasteiger partial charge in [-0.3, -0.25) is 4.57 Å². The molecule has 0 bridgehead atoms. The summed E-state index contributed by atoms with van der Waals surface area (Å²) in [5.74, 6) is 0.231. The Morgan fingerprint density at radius 3 is 2.42 bits per heavy atom. The second-order valence-electron chi connectivity index (χ2n) is 5.16. The number of hydrogen-bond donors (Lipinski definition) is 7. The summed E-state index contributed by atoms with van der Waals surface area (Å²) in [4.78, 5) is 34.1. The Balaban J connectivity index is 0.000000431. The Morgan fingerprint density at radius 2 is 1.92 bits per heavy atom. The smallest absolute Gasteiger partial charge is 0.394 e. The molecule has 0 amide bonds. The average molecular weight is 411 g/mol. The van der Waals surface area contributed by atoms with Crippen LogP contribution in [0.15, 0.2) is 11.5 Å². The van der Waals surface area contributed by atoms with Gasteiger partial charge >= 0.3 is 7.82 Å². The lowest BCUT2D eigenvalue weighted by molar-refractivity contribution is -0.0511. The Kier molecular flexibility index (Phi) is 6.55. The fourth-order valence-corrected chi connectivity index (χ4v) is 2.67. The van der Waals surface area contributed by atoms with E-state index in [0.717, 1.165) is 0 Å². The predicted octanol–water partition coefficient (Wildman–Crippen LogP) is -2.19. The third-order valence-electron chi connectivity index (χ3n) is 3.40. The molecule has 0 unspecified atom stereocenters. The summed E-state index contributed by atoms with van der Waals surface area (Å²) < 4.78 is 15.8. The molecule has 8 N–H and O–H groups in total. The molecule has 3 heterocycles. The number of hydrogen-bond acceptors (Lipinski definition) is 10. The van der Waals surface area contributed by atoms with Crippen molar-refractivity contribution in [2.24, 2.45) is 0 Å². The van der Waals surface area contributed by atoms with E-state index in [1.807, 2.05) is 6.26 Å². The number of rotatable bonds is 3. The molecule has 2 aromatic heterocycles. The normalized spacial score (nSPS) is 26.0. The Bertz CT molecular complexity index is 807. The summed E-state index contributed by atoms with van der Waals surface area (Å²) in [6.45, 7) is -0.394. The minimum Gasteiger partial charge on any atom is -0.394 e. The fraction of sp³-hybridized carbons (Fsp3) is 0.545. The molecule has 0 saturated carbocycles. The molecular formula is C11H18N5O8PS. The van der Waals surface area contributed by atoms with Gasteiger partial charge in [0.15, 0.2) is 22.8 Å². The van der Waals surface area contributed by atoms with E-state index >= 15 is 0 Å². The molecular weight excluding hydrogens is 393 g/mol. The first-order valence-corrected chi connectivity index (χ1v) is 9.80. The summed E-state index contributed by atoms with van der Waals surface area (Å²) in [6.07, 6.45) is -0.911. The molecule has 4 atom stereocenters. The number of aromatic nitrogens is 4. The minimum absolute atomic E-state index is 0.231. The molecule has 0 aromatic carbocycles. The first kappa shape index (κ1) is 21.0. The molecule has 0 aliphatic carbocycles. The van der Waals surface area contributed by atoms with Crippen molar-refractivity contribution in [1.29, 1.82) is 0 Å². The van der Waals surface area contributed by atoms with E-state index in [1.165, 1.54) is 22.7 Å². The number of nitrogens with two attached hydrogens (primary N) is 1. The van der Waals surface area contributed by atoms with Gasteiger partial charge in [-0.2, -0.15) is 0 Å². The molecule has 3 rings (SSSR count). The minimum atomic E-state index is -4.64. The van der Waals surface area contributed by atoms with Crippen molar-refractivity contribution in [3.63, 3.8) is 0 Å². The van der Waals surface area contributed by atoms with Crippen molar-refractivity contribution < 1.29 is 39.3 Å². The second kappa shape index (κ2) is 8.12. The van der Waals surface area contributed by atoms with E-state index in [2.05, 4.69) is 15.0 Å². The number of nitrogens with zero attached hydrogens (tertiary/aromatic N) is 4. The van der Waals surface area contributed by atoms with Gasteiger partial charge in [0.1, 0.15) is 23.8 Å². The van der Waals surface area contributed by atoms with E-state index in [9.17, 15) is 10.2 Å². The first-order valence-electron chi connectivity index (χ1n) is 7.01. The number of thioether (sulfide) groups is 1. The van der Waals surface area contributed by atoms with Crippen molar-refractivity contribution in [2.45, 2.75) is 29.7 Å². The number of aliphatic hydroxyl groups is 3. The van der Waals surface area contributed by atoms with Gasteiger partial charge < -0.3 is 40.5 Å². The largest absolute Gasteiger partial charge is 0.466 e. The Morgan fingerprint density at radius 1 is 1.31 bits per heavy atom. The number of phosphoric acid groups is 1. The average Bonchev–Trinajstić information content (AvgIpc) is 3.08. The van der Waals surface area contributed by atoms with Crippen LogP contribution < -0.4 is 5.73 Å². The highest BCUT2D eigenvalue weighted by molar-refractivity contribution is 7.98. The lowest BCUT2D eigenvalue weighted by Gasteiger charge is -2.16. The van der Waals surface area contributed by atoms with Gasteiger partial charge in [0, 0.05) is 0 Å². The van der Waals surface area contributed by atoms with E-state index in [-0.39, 0.29) is 5.82 Å². The third kappa shape index (κ3) is 4.68. The van der Waals surface area contributed by atoms with Crippen LogP contribution in [0.5, 0.6) is 0 Å². The molecule has 1 saturated heterocycles. The number of aliphatic hydroxyl groups excluding tert-OH is 3. The molecule has 1 fully saturated rings. The molecule has 1 aliphatic rings. The molecule has 146 valence electrons. The van der Waals surface area contributed by atoms with Crippen LogP contribution in [-0.4, -0.2) is 80.7 Å². The highest BCUT2D eigenvalue weighted by Gasteiger charge is 2.44. The zero-order valence-corrected chi connectivity index (χ0v) is 15.0. The molecule has 0 radical (unpaired) electrons. The summed E-state index contributed by atoms with van der Waals surface area (Å²) in [6, 6.07) is 0. The van der Waals surface area contributed by atoms with Gasteiger partial charge in [-0.25, -0.2) is 19.5 Å². The second-order valence-corrected chi connectivity index (χ2v) is 6.96. The zero-order valence-electron chi connectivity index (χ0n) is 13.3. The van der Waals surface area contributed by atoms with Crippen LogP contribution in [0.1, 0.15) is 6.23 Å². The van der Waals surface area contributed by atoms with Crippen LogP contribution in [-0.2, 0) is 9.30 Å². The first-order chi connectivity index (χ1) is 12.1. The lowest BCUT2D eigenvalue weighted by Crippen LogP contribution is -2.33. The van der Waals surface area contributed by atoms with Gasteiger partial charge in [-0.1, -0.05) is 11.8 Å². The third-order valence-corrected chi connectivity index (χ3v) is 3.95. The topological polar surface area (TPSA) is 217 Å². The van der Waals surface area contributed by atoms with Gasteiger partial charge in [-0.05, 0) is 6.26 Å². The van der Waals surface area contributed by atoms with Crippen molar-refractivity contribution >= 4 is 36.6 Å². The highest BCUT2D eigenvalue weighted by atomic mass is 32.2. The lowest BCUT2D eigenvalue weighted by atomic mass is 10.1. The van der Waals surface area contributed by atoms with E-state index < -0.39 is 39.0 Å². The van der Waals surface area contributed by atoms with Crippen LogP contribution in [0.4, 0.5) is 5.82 Å². The maximum atomic E-state index is 10.1. The van der Waals surface area contributed by atoms with Gasteiger partial charge in [0.25, 0.3) is 0 Å². The number of nitrogen functional groups attached to an aromatic ring is 1.